The smallest absolute Gasteiger partial charge is 0.399 e. The van der Waals surface area contributed by atoms with Crippen molar-refractivity contribution in [1.29, 1.82) is 0 Å². The number of carbonyl (C=O) groups is 1. The maximum absolute atomic E-state index is 13.6. The number of hydrogen-bond donors (Lipinski definition) is 0. The van der Waals surface area contributed by atoms with Gasteiger partial charge in [0.15, 0.2) is 5.82 Å². The molecule has 29 heavy (non-hydrogen) atoms. The Morgan fingerprint density at radius 3 is 2.28 bits per heavy atom. The first-order valence-corrected chi connectivity index (χ1v) is 9.53. The molecule has 0 bridgehead atoms. The lowest BCUT2D eigenvalue weighted by Gasteiger charge is -2.18. The standard InChI is InChI=1S/C21H18Cl2F4O2/c1-3-13-9-12(5-7-15(13)20(28)29-4-2)6-8-16(21(25,26)27)14-10-17(22)19(24)18(23)11-14/h5-11,16H,3-4H2,1-2H3/b8-6+. The zero-order valence-electron chi connectivity index (χ0n) is 15.6. The Balaban J connectivity index is 2.41. The third kappa shape index (κ3) is 5.73. The molecule has 1 unspecified atom stereocenters. The number of halogens is 6. The van der Waals surface area contributed by atoms with Crippen LogP contribution in [0.25, 0.3) is 6.08 Å². The zero-order chi connectivity index (χ0) is 21.8. The molecule has 156 valence electrons. The number of ether oxygens (including phenoxy) is 1. The summed E-state index contributed by atoms with van der Waals surface area (Å²) in [6, 6.07) is 6.49. The lowest BCUT2D eigenvalue weighted by molar-refractivity contribution is -0.139. The Morgan fingerprint density at radius 2 is 1.76 bits per heavy atom. The van der Waals surface area contributed by atoms with Crippen molar-refractivity contribution < 1.29 is 27.1 Å². The van der Waals surface area contributed by atoms with Crippen molar-refractivity contribution in [3.63, 3.8) is 0 Å². The van der Waals surface area contributed by atoms with Gasteiger partial charge in [0.1, 0.15) is 0 Å². The highest BCUT2D eigenvalue weighted by Gasteiger charge is 2.39. The summed E-state index contributed by atoms with van der Waals surface area (Å²) in [4.78, 5) is 12.0. The van der Waals surface area contributed by atoms with Gasteiger partial charge in [-0.2, -0.15) is 13.2 Å². The van der Waals surface area contributed by atoms with Crippen LogP contribution in [0, 0.1) is 5.82 Å². The molecular weight excluding hydrogens is 431 g/mol. The second-order valence-electron chi connectivity index (χ2n) is 6.17. The molecule has 0 saturated heterocycles. The predicted octanol–water partition coefficient (Wildman–Crippen LogP) is 7.23. The summed E-state index contributed by atoms with van der Waals surface area (Å²) in [5, 5.41) is -0.968. The van der Waals surface area contributed by atoms with Crippen LogP contribution in [0.1, 0.15) is 46.8 Å². The molecule has 0 aliphatic rings. The Hall–Kier alpha value is -2.05. The maximum atomic E-state index is 13.6. The molecule has 0 aliphatic heterocycles. The van der Waals surface area contributed by atoms with E-state index in [1.54, 1.807) is 13.0 Å². The Bertz CT molecular complexity index is 900. The van der Waals surface area contributed by atoms with E-state index in [0.29, 0.717) is 23.1 Å². The molecule has 0 radical (unpaired) electrons. The molecule has 0 heterocycles. The highest BCUT2D eigenvalue weighted by Crippen LogP contribution is 2.39. The first-order chi connectivity index (χ1) is 13.6. The summed E-state index contributed by atoms with van der Waals surface area (Å²) in [7, 11) is 0. The van der Waals surface area contributed by atoms with Crippen LogP contribution in [-0.2, 0) is 11.2 Å². The quantitative estimate of drug-likeness (QED) is 0.264. The van der Waals surface area contributed by atoms with Crippen LogP contribution in [-0.4, -0.2) is 18.8 Å². The van der Waals surface area contributed by atoms with Crippen molar-refractivity contribution in [3.05, 3.63) is 74.5 Å². The SMILES string of the molecule is CCOC(=O)c1ccc(/C=C/C(c2cc(Cl)c(F)c(Cl)c2)C(F)(F)F)cc1CC. The fourth-order valence-corrected chi connectivity index (χ4v) is 3.29. The van der Waals surface area contributed by atoms with E-state index in [1.165, 1.54) is 18.2 Å². The highest BCUT2D eigenvalue weighted by atomic mass is 35.5. The molecule has 0 N–H and O–H groups in total. The van der Waals surface area contributed by atoms with Crippen molar-refractivity contribution >= 4 is 35.2 Å². The summed E-state index contributed by atoms with van der Waals surface area (Å²) in [6.07, 6.45) is -1.91. The second-order valence-corrected chi connectivity index (χ2v) is 6.98. The first kappa shape index (κ1) is 23.2. The highest BCUT2D eigenvalue weighted by molar-refractivity contribution is 6.35. The summed E-state index contributed by atoms with van der Waals surface area (Å²) in [6.45, 7) is 3.73. The second kappa shape index (κ2) is 9.63. The maximum Gasteiger partial charge on any atom is 0.399 e. The fourth-order valence-electron chi connectivity index (χ4n) is 2.79. The molecule has 0 amide bonds. The molecule has 0 aliphatic carbocycles. The summed E-state index contributed by atoms with van der Waals surface area (Å²) in [5.41, 5.74) is 1.23. The van der Waals surface area contributed by atoms with E-state index in [9.17, 15) is 22.4 Å². The first-order valence-electron chi connectivity index (χ1n) is 8.77. The molecule has 0 spiro atoms. The topological polar surface area (TPSA) is 26.3 Å². The Kier molecular flexibility index (Phi) is 7.72. The summed E-state index contributed by atoms with van der Waals surface area (Å²) >= 11 is 11.3. The minimum atomic E-state index is -4.64. The average Bonchev–Trinajstić information content (AvgIpc) is 2.65. The van der Waals surface area contributed by atoms with Crippen molar-refractivity contribution in [1.82, 2.24) is 0 Å². The van der Waals surface area contributed by atoms with Crippen molar-refractivity contribution in [2.24, 2.45) is 0 Å². The van der Waals surface area contributed by atoms with Crippen LogP contribution in [0.2, 0.25) is 10.0 Å². The number of aryl methyl sites for hydroxylation is 1. The summed E-state index contributed by atoms with van der Waals surface area (Å²) < 4.78 is 59.3. The van der Waals surface area contributed by atoms with Crippen LogP contribution in [0.4, 0.5) is 17.6 Å². The number of rotatable bonds is 6. The molecule has 2 nitrogen and oxygen atoms in total. The molecular formula is C21H18Cl2F4O2. The number of esters is 1. The number of benzene rings is 2. The molecule has 0 saturated carbocycles. The van der Waals surface area contributed by atoms with Gasteiger partial charge in [-0.15, -0.1) is 0 Å². The number of hydrogen-bond acceptors (Lipinski definition) is 2. The van der Waals surface area contributed by atoms with E-state index in [-0.39, 0.29) is 12.2 Å². The van der Waals surface area contributed by atoms with Crippen LogP contribution >= 0.6 is 23.2 Å². The average molecular weight is 449 g/mol. The number of carbonyl (C=O) groups excluding carboxylic acids is 1. The molecule has 2 aromatic rings. The van der Waals surface area contributed by atoms with Gasteiger partial charge in [0.25, 0.3) is 0 Å². The van der Waals surface area contributed by atoms with Gasteiger partial charge in [0.2, 0.25) is 0 Å². The van der Waals surface area contributed by atoms with Gasteiger partial charge in [-0.1, -0.05) is 54.4 Å². The van der Waals surface area contributed by atoms with Gasteiger partial charge in [0.05, 0.1) is 28.1 Å². The third-order valence-electron chi connectivity index (χ3n) is 4.20. The van der Waals surface area contributed by atoms with Gasteiger partial charge < -0.3 is 4.74 Å². The van der Waals surface area contributed by atoms with E-state index >= 15 is 0 Å². The molecule has 2 aromatic carbocycles. The minimum absolute atomic E-state index is 0.222. The van der Waals surface area contributed by atoms with Gasteiger partial charge in [-0.25, -0.2) is 9.18 Å². The van der Waals surface area contributed by atoms with Crippen LogP contribution in [0.3, 0.4) is 0 Å². The lowest BCUT2D eigenvalue weighted by atomic mass is 9.96. The molecule has 0 fully saturated rings. The van der Waals surface area contributed by atoms with Gasteiger partial charge in [-0.3, -0.25) is 0 Å². The van der Waals surface area contributed by atoms with Gasteiger partial charge >= 0.3 is 12.1 Å². The molecule has 8 heteroatoms. The predicted molar refractivity (Wildman–Crippen MR) is 106 cm³/mol. The van der Waals surface area contributed by atoms with Crippen molar-refractivity contribution in [2.75, 3.05) is 6.61 Å². The molecule has 0 aromatic heterocycles. The van der Waals surface area contributed by atoms with E-state index in [0.717, 1.165) is 18.2 Å². The van der Waals surface area contributed by atoms with Gasteiger partial charge in [-0.05, 0) is 48.2 Å². The van der Waals surface area contributed by atoms with Crippen LogP contribution in [0.5, 0.6) is 0 Å². The third-order valence-corrected chi connectivity index (χ3v) is 4.75. The van der Waals surface area contributed by atoms with Crippen molar-refractivity contribution in [3.8, 4) is 0 Å². The Labute approximate surface area is 176 Å². The fraction of sp³-hybridized carbons (Fsp3) is 0.286. The normalized spacial score (nSPS) is 13.0. The minimum Gasteiger partial charge on any atom is -0.462 e. The van der Waals surface area contributed by atoms with Crippen LogP contribution < -0.4 is 0 Å². The van der Waals surface area contributed by atoms with E-state index < -0.39 is 33.9 Å². The van der Waals surface area contributed by atoms with Crippen LogP contribution in [0.15, 0.2) is 36.4 Å². The van der Waals surface area contributed by atoms with E-state index in [1.807, 2.05) is 6.92 Å². The largest absolute Gasteiger partial charge is 0.462 e. The van der Waals surface area contributed by atoms with Crippen molar-refractivity contribution in [2.45, 2.75) is 32.4 Å². The molecule has 1 atom stereocenters. The van der Waals surface area contributed by atoms with E-state index in [4.69, 9.17) is 27.9 Å². The van der Waals surface area contributed by atoms with Gasteiger partial charge in [0, 0.05) is 0 Å². The zero-order valence-corrected chi connectivity index (χ0v) is 17.1. The molecule has 2 rings (SSSR count). The summed E-state index contributed by atoms with van der Waals surface area (Å²) in [5.74, 6) is -3.49. The monoisotopic (exact) mass is 448 g/mol. The Morgan fingerprint density at radius 1 is 1.14 bits per heavy atom. The number of alkyl halides is 3. The lowest BCUT2D eigenvalue weighted by Crippen LogP contribution is -2.19. The number of allylic oxidation sites excluding steroid dienone is 1. The van der Waals surface area contributed by atoms with E-state index in [2.05, 4.69) is 0 Å².